The molecule has 0 saturated heterocycles. The average molecular weight is 370 g/mol. The number of aliphatic hydroxyl groups is 1. The molecule has 1 aromatic carbocycles. The molecule has 0 spiro atoms. The number of aromatic nitrogens is 1. The van der Waals surface area contributed by atoms with Crippen LogP contribution in [-0.2, 0) is 16.0 Å². The average Bonchev–Trinajstić information content (AvgIpc) is 2.65. The Kier molecular flexibility index (Phi) is 5.21. The summed E-state index contributed by atoms with van der Waals surface area (Å²) in [5.41, 5.74) is 3.45. The van der Waals surface area contributed by atoms with Crippen molar-refractivity contribution in [1.29, 1.82) is 0 Å². The van der Waals surface area contributed by atoms with Crippen molar-refractivity contribution < 1.29 is 14.7 Å². The van der Waals surface area contributed by atoms with Crippen molar-refractivity contribution >= 4 is 40.6 Å². The number of aliphatic hydroxyl groups excluding tert-OH is 1. The molecule has 0 unspecified atom stereocenters. The fraction of sp³-hybridized carbons (Fsp3) is 0.211. The molecule has 0 amide bonds. The number of anilines is 2. The second kappa shape index (κ2) is 7.56. The van der Waals surface area contributed by atoms with Gasteiger partial charge in [-0.1, -0.05) is 11.6 Å². The zero-order valence-corrected chi connectivity index (χ0v) is 14.8. The Balaban J connectivity index is 2.31. The summed E-state index contributed by atoms with van der Waals surface area (Å²) in [7, 11) is 0. The molecule has 0 atom stereocenters. The highest BCUT2D eigenvalue weighted by molar-refractivity contribution is 6.31. The maximum absolute atomic E-state index is 11.6. The lowest BCUT2D eigenvalue weighted by molar-refractivity contribution is 0.288. The van der Waals surface area contributed by atoms with Gasteiger partial charge in [0.05, 0.1) is 17.1 Å². The smallest absolute Gasteiger partial charge is 0.203 e. The van der Waals surface area contributed by atoms with Crippen LogP contribution in [0, 0.1) is 6.92 Å². The van der Waals surface area contributed by atoms with Crippen LogP contribution in [0.15, 0.2) is 36.3 Å². The molecule has 2 heterocycles. The SMILES string of the molecule is Cc1ncccc1N1C(=C=O)NC(=C=O)c2c(CCCO)cc(Cl)cc21. The topological polar surface area (TPSA) is 82.5 Å². The summed E-state index contributed by atoms with van der Waals surface area (Å²) >= 11 is 6.29. The van der Waals surface area contributed by atoms with Gasteiger partial charge in [-0.05, 0) is 49.6 Å². The molecule has 2 aromatic rings. The van der Waals surface area contributed by atoms with Gasteiger partial charge < -0.3 is 10.4 Å². The standard InChI is InChI=1S/C19H16ClN3O3/c1-12-16(5-2-6-21-12)23-17-9-14(20)8-13(4-3-7-24)19(17)15(10-25)22-18(23)11-26/h2,5-6,8-9,22,24H,3-4,7H2,1H3. The summed E-state index contributed by atoms with van der Waals surface area (Å²) in [5.74, 6) is 3.75. The fourth-order valence-corrected chi connectivity index (χ4v) is 3.28. The zero-order valence-electron chi connectivity index (χ0n) is 14.0. The third-order valence-corrected chi connectivity index (χ3v) is 4.36. The van der Waals surface area contributed by atoms with E-state index in [1.165, 1.54) is 0 Å². The van der Waals surface area contributed by atoms with Crippen molar-refractivity contribution in [1.82, 2.24) is 10.3 Å². The molecule has 0 radical (unpaired) electrons. The van der Waals surface area contributed by atoms with Crippen molar-refractivity contribution in [3.8, 4) is 0 Å². The minimum Gasteiger partial charge on any atom is -0.396 e. The van der Waals surface area contributed by atoms with Crippen LogP contribution >= 0.6 is 11.6 Å². The highest BCUT2D eigenvalue weighted by Crippen LogP contribution is 2.42. The molecule has 0 aliphatic carbocycles. The van der Waals surface area contributed by atoms with Crippen molar-refractivity contribution in [3.63, 3.8) is 0 Å². The van der Waals surface area contributed by atoms with E-state index in [1.807, 2.05) is 24.9 Å². The first-order valence-corrected chi connectivity index (χ1v) is 8.41. The second-order valence-electron chi connectivity index (χ2n) is 5.78. The van der Waals surface area contributed by atoms with Crippen LogP contribution in [0.2, 0.25) is 5.02 Å². The van der Waals surface area contributed by atoms with E-state index < -0.39 is 0 Å². The third kappa shape index (κ3) is 3.15. The van der Waals surface area contributed by atoms with Crippen LogP contribution in [0.1, 0.15) is 23.2 Å². The number of nitrogens with one attached hydrogen (secondary N) is 1. The van der Waals surface area contributed by atoms with E-state index in [1.54, 1.807) is 29.3 Å². The molecule has 7 heteroatoms. The second-order valence-corrected chi connectivity index (χ2v) is 6.22. The van der Waals surface area contributed by atoms with E-state index in [0.717, 1.165) is 5.56 Å². The van der Waals surface area contributed by atoms with Gasteiger partial charge in [-0.2, -0.15) is 0 Å². The van der Waals surface area contributed by atoms with Crippen molar-refractivity contribution in [3.05, 3.63) is 58.1 Å². The summed E-state index contributed by atoms with van der Waals surface area (Å²) in [6.45, 7) is 1.83. The van der Waals surface area contributed by atoms with Gasteiger partial charge in [0.15, 0.2) is 11.9 Å². The highest BCUT2D eigenvalue weighted by atomic mass is 35.5. The molecule has 2 N–H and O–H groups in total. The molecular weight excluding hydrogens is 354 g/mol. The monoisotopic (exact) mass is 369 g/mol. The van der Waals surface area contributed by atoms with Gasteiger partial charge in [0.25, 0.3) is 0 Å². The molecule has 1 aromatic heterocycles. The van der Waals surface area contributed by atoms with Gasteiger partial charge >= 0.3 is 0 Å². The van der Waals surface area contributed by atoms with Gasteiger partial charge in [-0.15, -0.1) is 0 Å². The number of halogens is 1. The summed E-state index contributed by atoms with van der Waals surface area (Å²) < 4.78 is 0. The molecule has 26 heavy (non-hydrogen) atoms. The number of pyridine rings is 1. The maximum Gasteiger partial charge on any atom is 0.203 e. The molecule has 0 saturated carbocycles. The molecule has 132 valence electrons. The number of carbonyl (C=O) groups excluding carboxylic acids is 2. The lowest BCUT2D eigenvalue weighted by Gasteiger charge is -2.34. The largest absolute Gasteiger partial charge is 0.396 e. The van der Waals surface area contributed by atoms with E-state index >= 15 is 0 Å². The summed E-state index contributed by atoms with van der Waals surface area (Å²) in [4.78, 5) is 29.0. The van der Waals surface area contributed by atoms with Gasteiger partial charge in [0.1, 0.15) is 5.70 Å². The van der Waals surface area contributed by atoms with Crippen molar-refractivity contribution in [2.24, 2.45) is 0 Å². The van der Waals surface area contributed by atoms with Crippen molar-refractivity contribution in [2.75, 3.05) is 11.5 Å². The van der Waals surface area contributed by atoms with Gasteiger partial charge in [-0.25, -0.2) is 9.59 Å². The Morgan fingerprint density at radius 2 is 2.08 bits per heavy atom. The predicted molar refractivity (Wildman–Crippen MR) is 99.4 cm³/mol. The van der Waals surface area contributed by atoms with Crippen LogP contribution < -0.4 is 10.2 Å². The lowest BCUT2D eigenvalue weighted by Crippen LogP contribution is -2.34. The molecule has 0 bridgehead atoms. The van der Waals surface area contributed by atoms with Gasteiger partial charge in [-0.3, -0.25) is 9.88 Å². The number of nitrogens with zero attached hydrogens (tertiary/aromatic N) is 2. The summed E-state index contributed by atoms with van der Waals surface area (Å²) in [6, 6.07) is 7.00. The first kappa shape index (κ1) is 17.9. The Labute approximate surface area is 155 Å². The number of hydrogen-bond donors (Lipinski definition) is 2. The molecule has 0 fully saturated rings. The molecule has 3 rings (SSSR count). The third-order valence-electron chi connectivity index (χ3n) is 4.14. The Bertz CT molecular complexity index is 960. The van der Waals surface area contributed by atoms with E-state index in [9.17, 15) is 9.59 Å². The number of aryl methyl sites for hydroxylation is 2. The molecular formula is C19H16ClN3O3. The maximum atomic E-state index is 11.6. The van der Waals surface area contributed by atoms with Crippen molar-refractivity contribution in [2.45, 2.75) is 19.8 Å². The molecule has 6 nitrogen and oxygen atoms in total. The lowest BCUT2D eigenvalue weighted by atomic mass is 9.96. The Morgan fingerprint density at radius 1 is 1.27 bits per heavy atom. The van der Waals surface area contributed by atoms with Crippen LogP contribution in [0.5, 0.6) is 0 Å². The minimum atomic E-state index is 0.0137. The normalized spacial score (nSPS) is 13.0. The van der Waals surface area contributed by atoms with Crippen LogP contribution in [0.25, 0.3) is 5.70 Å². The quantitative estimate of drug-likeness (QED) is 0.806. The van der Waals surface area contributed by atoms with E-state index in [0.29, 0.717) is 40.5 Å². The number of hydrogen-bond acceptors (Lipinski definition) is 6. The first-order valence-electron chi connectivity index (χ1n) is 8.03. The van der Waals surface area contributed by atoms with Gasteiger partial charge in [0.2, 0.25) is 5.82 Å². The zero-order chi connectivity index (χ0) is 18.7. The van der Waals surface area contributed by atoms with E-state index in [-0.39, 0.29) is 18.1 Å². The van der Waals surface area contributed by atoms with Gasteiger partial charge in [0, 0.05) is 23.4 Å². The first-order chi connectivity index (χ1) is 12.6. The Hall–Kier alpha value is -2.88. The summed E-state index contributed by atoms with van der Waals surface area (Å²) in [6.07, 6.45) is 2.69. The number of fused-ring (bicyclic) bond motifs is 1. The number of benzene rings is 1. The van der Waals surface area contributed by atoms with Crippen LogP contribution in [0.3, 0.4) is 0 Å². The predicted octanol–water partition coefficient (Wildman–Crippen LogP) is 2.56. The van der Waals surface area contributed by atoms with E-state index in [2.05, 4.69) is 10.3 Å². The fourth-order valence-electron chi connectivity index (χ4n) is 3.05. The van der Waals surface area contributed by atoms with Crippen LogP contribution in [-0.4, -0.2) is 28.6 Å². The minimum absolute atomic E-state index is 0.0137. The summed E-state index contributed by atoms with van der Waals surface area (Å²) in [5, 5.41) is 12.4. The Morgan fingerprint density at radius 3 is 2.73 bits per heavy atom. The molecule has 1 aliphatic rings. The van der Waals surface area contributed by atoms with Crippen LogP contribution in [0.4, 0.5) is 11.4 Å². The highest BCUT2D eigenvalue weighted by Gasteiger charge is 2.31. The number of rotatable bonds is 4. The molecule has 1 aliphatic heterocycles. The van der Waals surface area contributed by atoms with E-state index in [4.69, 9.17) is 16.7 Å².